The van der Waals surface area contributed by atoms with Crippen molar-refractivity contribution in [2.24, 2.45) is 7.05 Å². The van der Waals surface area contributed by atoms with E-state index in [9.17, 15) is 4.79 Å². The average molecular weight is 322 g/mol. The minimum absolute atomic E-state index is 0.0151. The van der Waals surface area contributed by atoms with E-state index in [1.165, 1.54) is 0 Å². The van der Waals surface area contributed by atoms with Crippen LogP contribution in [0.5, 0.6) is 0 Å². The Morgan fingerprint density at radius 2 is 2.26 bits per heavy atom. The number of pyridine rings is 1. The smallest absolute Gasteiger partial charge is 0.270 e. The second kappa shape index (κ2) is 6.02. The summed E-state index contributed by atoms with van der Waals surface area (Å²) in [6, 6.07) is 7.57. The average Bonchev–Trinajstić information content (AvgIpc) is 2.75. The molecule has 0 N–H and O–H groups in total. The molecule has 0 saturated carbocycles. The monoisotopic (exact) mass is 321 g/mol. The quantitative estimate of drug-likeness (QED) is 0.868. The van der Waals surface area contributed by atoms with Crippen molar-refractivity contribution in [2.75, 3.05) is 6.54 Å². The number of halogens is 1. The number of amides is 1. The summed E-state index contributed by atoms with van der Waals surface area (Å²) >= 11 is 3.39. The molecule has 0 fully saturated rings. The molecule has 1 amide bonds. The van der Waals surface area contributed by atoms with E-state index in [-0.39, 0.29) is 5.91 Å². The second-order valence-corrected chi connectivity index (χ2v) is 5.21. The van der Waals surface area contributed by atoms with Crippen molar-refractivity contribution in [3.8, 4) is 0 Å². The summed E-state index contributed by atoms with van der Waals surface area (Å²) in [5.41, 5.74) is 1.57. The van der Waals surface area contributed by atoms with Gasteiger partial charge in [-0.2, -0.15) is 0 Å². The molecular formula is C14H16BrN3O. The van der Waals surface area contributed by atoms with Crippen LogP contribution in [0, 0.1) is 0 Å². The van der Waals surface area contributed by atoms with Gasteiger partial charge in [0.05, 0.1) is 12.2 Å². The fourth-order valence-electron chi connectivity index (χ4n) is 1.91. The van der Waals surface area contributed by atoms with Crippen molar-refractivity contribution in [2.45, 2.75) is 13.5 Å². The van der Waals surface area contributed by atoms with Crippen LogP contribution in [0.2, 0.25) is 0 Å². The third-order valence-corrected chi connectivity index (χ3v) is 3.37. The summed E-state index contributed by atoms with van der Waals surface area (Å²) in [4.78, 5) is 18.5. The van der Waals surface area contributed by atoms with Gasteiger partial charge in [-0.3, -0.25) is 9.78 Å². The van der Waals surface area contributed by atoms with Crippen LogP contribution in [0.3, 0.4) is 0 Å². The first-order valence-corrected chi connectivity index (χ1v) is 6.92. The molecule has 2 heterocycles. The van der Waals surface area contributed by atoms with Gasteiger partial charge in [0.15, 0.2) is 0 Å². The van der Waals surface area contributed by atoms with Crippen LogP contribution in [-0.4, -0.2) is 26.9 Å². The van der Waals surface area contributed by atoms with Gasteiger partial charge >= 0.3 is 0 Å². The van der Waals surface area contributed by atoms with Crippen molar-refractivity contribution in [1.82, 2.24) is 14.5 Å². The first kappa shape index (κ1) is 13.8. The van der Waals surface area contributed by atoms with E-state index in [0.717, 1.165) is 10.2 Å². The van der Waals surface area contributed by atoms with Crippen molar-refractivity contribution in [3.63, 3.8) is 0 Å². The van der Waals surface area contributed by atoms with Crippen molar-refractivity contribution in [1.29, 1.82) is 0 Å². The zero-order valence-corrected chi connectivity index (χ0v) is 12.6. The summed E-state index contributed by atoms with van der Waals surface area (Å²) in [6.07, 6.45) is 3.62. The number of rotatable bonds is 4. The summed E-state index contributed by atoms with van der Waals surface area (Å²) in [7, 11) is 1.87. The Balaban J connectivity index is 2.18. The number of carbonyl (C=O) groups excluding carboxylic acids is 1. The lowest BCUT2D eigenvalue weighted by molar-refractivity contribution is 0.0741. The number of aromatic nitrogens is 2. The molecule has 0 saturated heterocycles. The number of aryl methyl sites for hydroxylation is 1. The van der Waals surface area contributed by atoms with Crippen LogP contribution < -0.4 is 0 Å². The lowest BCUT2D eigenvalue weighted by Crippen LogP contribution is -2.31. The molecular weight excluding hydrogens is 306 g/mol. The zero-order chi connectivity index (χ0) is 13.8. The Kier molecular flexibility index (Phi) is 4.37. The summed E-state index contributed by atoms with van der Waals surface area (Å²) in [6.45, 7) is 3.15. The Hall–Kier alpha value is -1.62. The highest BCUT2D eigenvalue weighted by Crippen LogP contribution is 2.16. The lowest BCUT2D eigenvalue weighted by atomic mass is 10.3. The van der Waals surface area contributed by atoms with E-state index in [4.69, 9.17) is 0 Å². The molecule has 5 heteroatoms. The number of hydrogen-bond acceptors (Lipinski definition) is 2. The Morgan fingerprint density at radius 3 is 2.79 bits per heavy atom. The molecule has 0 atom stereocenters. The molecule has 2 aromatic rings. The van der Waals surface area contributed by atoms with Crippen molar-refractivity contribution >= 4 is 21.8 Å². The number of carbonyl (C=O) groups is 1. The topological polar surface area (TPSA) is 38.1 Å². The molecule has 0 aliphatic carbocycles. The zero-order valence-electron chi connectivity index (χ0n) is 11.0. The number of hydrogen-bond donors (Lipinski definition) is 0. The summed E-state index contributed by atoms with van der Waals surface area (Å²) < 4.78 is 2.74. The standard InChI is InChI=1S/C14H16BrN3O/c1-3-18(10-12-6-4-5-7-16-12)14(19)13-8-11(15)9-17(13)2/h4-9H,3,10H2,1-2H3. The molecule has 0 bridgehead atoms. The number of nitrogens with zero attached hydrogens (tertiary/aromatic N) is 3. The van der Waals surface area contributed by atoms with Gasteiger partial charge in [-0.05, 0) is 41.1 Å². The van der Waals surface area contributed by atoms with Gasteiger partial charge in [-0.25, -0.2) is 0 Å². The predicted molar refractivity (Wildman–Crippen MR) is 77.8 cm³/mol. The van der Waals surface area contributed by atoms with Gasteiger partial charge in [0.1, 0.15) is 5.69 Å². The maximum atomic E-state index is 12.5. The second-order valence-electron chi connectivity index (χ2n) is 4.29. The van der Waals surface area contributed by atoms with Crippen LogP contribution in [0.1, 0.15) is 23.1 Å². The molecule has 0 aliphatic rings. The summed E-state index contributed by atoms with van der Waals surface area (Å²) in [5.74, 6) is 0.0151. The van der Waals surface area contributed by atoms with E-state index in [0.29, 0.717) is 18.8 Å². The third-order valence-electron chi connectivity index (χ3n) is 2.94. The molecule has 4 nitrogen and oxygen atoms in total. The van der Waals surface area contributed by atoms with Gasteiger partial charge < -0.3 is 9.47 Å². The SMILES string of the molecule is CCN(Cc1ccccn1)C(=O)c1cc(Br)cn1C. The van der Waals surface area contributed by atoms with Crippen LogP contribution in [-0.2, 0) is 13.6 Å². The molecule has 0 spiro atoms. The third kappa shape index (κ3) is 3.23. The minimum atomic E-state index is 0.0151. The first-order valence-electron chi connectivity index (χ1n) is 6.13. The fraction of sp³-hybridized carbons (Fsp3) is 0.286. The summed E-state index contributed by atoms with van der Waals surface area (Å²) in [5, 5.41) is 0. The maximum absolute atomic E-state index is 12.5. The van der Waals surface area contributed by atoms with Crippen LogP contribution >= 0.6 is 15.9 Å². The van der Waals surface area contributed by atoms with Gasteiger partial charge in [-0.1, -0.05) is 6.07 Å². The van der Waals surface area contributed by atoms with Gasteiger partial charge in [0, 0.05) is 30.5 Å². The van der Waals surface area contributed by atoms with Crippen molar-refractivity contribution in [3.05, 3.63) is 52.5 Å². The van der Waals surface area contributed by atoms with E-state index in [2.05, 4.69) is 20.9 Å². The first-order chi connectivity index (χ1) is 9.11. The molecule has 2 rings (SSSR count). The van der Waals surface area contributed by atoms with Crippen LogP contribution in [0.25, 0.3) is 0 Å². The molecule has 0 unspecified atom stereocenters. The molecule has 0 radical (unpaired) electrons. The van der Waals surface area contributed by atoms with E-state index in [1.54, 1.807) is 11.1 Å². The highest BCUT2D eigenvalue weighted by molar-refractivity contribution is 9.10. The lowest BCUT2D eigenvalue weighted by Gasteiger charge is -2.20. The normalized spacial score (nSPS) is 10.5. The molecule has 0 aliphatic heterocycles. The fourth-order valence-corrected chi connectivity index (χ4v) is 2.44. The van der Waals surface area contributed by atoms with Gasteiger partial charge in [-0.15, -0.1) is 0 Å². The van der Waals surface area contributed by atoms with Gasteiger partial charge in [0.2, 0.25) is 0 Å². The highest BCUT2D eigenvalue weighted by atomic mass is 79.9. The van der Waals surface area contributed by atoms with E-state index in [1.807, 2.05) is 49.0 Å². The van der Waals surface area contributed by atoms with E-state index < -0.39 is 0 Å². The maximum Gasteiger partial charge on any atom is 0.270 e. The molecule has 0 aromatic carbocycles. The predicted octanol–water partition coefficient (Wildman–Crippen LogP) is 2.84. The minimum Gasteiger partial charge on any atom is -0.345 e. The van der Waals surface area contributed by atoms with Crippen molar-refractivity contribution < 1.29 is 4.79 Å². The largest absolute Gasteiger partial charge is 0.345 e. The van der Waals surface area contributed by atoms with Crippen LogP contribution in [0.15, 0.2) is 41.1 Å². The van der Waals surface area contributed by atoms with E-state index >= 15 is 0 Å². The Labute approximate surface area is 121 Å². The molecule has 100 valence electrons. The molecule has 2 aromatic heterocycles. The van der Waals surface area contributed by atoms with Crippen LogP contribution in [0.4, 0.5) is 0 Å². The highest BCUT2D eigenvalue weighted by Gasteiger charge is 2.18. The molecule has 19 heavy (non-hydrogen) atoms. The van der Waals surface area contributed by atoms with Gasteiger partial charge in [0.25, 0.3) is 5.91 Å². The Bertz CT molecular complexity index is 565. The Morgan fingerprint density at radius 1 is 1.47 bits per heavy atom.